The molecule has 0 fully saturated rings. The Bertz CT molecular complexity index is 533. The Labute approximate surface area is 107 Å². The molecule has 100 valence electrons. The molecule has 0 atom stereocenters. The highest BCUT2D eigenvalue weighted by Crippen LogP contribution is 2.29. The third-order valence-corrected chi connectivity index (χ3v) is 4.15. The molecule has 0 spiro atoms. The van der Waals surface area contributed by atoms with E-state index in [-0.39, 0.29) is 22.9 Å². The first kappa shape index (κ1) is 14.5. The van der Waals surface area contributed by atoms with Gasteiger partial charge >= 0.3 is 0 Å². The van der Waals surface area contributed by atoms with Gasteiger partial charge in [0.1, 0.15) is 5.78 Å². The summed E-state index contributed by atoms with van der Waals surface area (Å²) in [5.41, 5.74) is 0. The van der Waals surface area contributed by atoms with Crippen LogP contribution < -0.4 is 9.47 Å². The molecule has 1 aromatic carbocycles. The standard InChI is InChI=1S/C12H16O5S/c1-9(13)6-7-18(14,15)10-4-5-11(16-2)12(8-10)17-3/h4-5,8H,6-7H2,1-3H3. The fourth-order valence-corrected chi connectivity index (χ4v) is 2.76. The van der Waals surface area contributed by atoms with Crippen LogP contribution in [0.3, 0.4) is 0 Å². The fraction of sp³-hybridized carbons (Fsp3) is 0.417. The first-order valence-corrected chi connectivity index (χ1v) is 7.00. The van der Waals surface area contributed by atoms with Gasteiger partial charge in [-0.2, -0.15) is 0 Å². The summed E-state index contributed by atoms with van der Waals surface area (Å²) in [6.45, 7) is 1.37. The number of ether oxygens (including phenoxy) is 2. The highest BCUT2D eigenvalue weighted by atomic mass is 32.2. The molecule has 0 radical (unpaired) electrons. The van der Waals surface area contributed by atoms with E-state index in [4.69, 9.17) is 9.47 Å². The Balaban J connectivity index is 3.06. The summed E-state index contributed by atoms with van der Waals surface area (Å²) in [5.74, 6) is 0.459. The van der Waals surface area contributed by atoms with E-state index >= 15 is 0 Å². The average Bonchev–Trinajstić information content (AvgIpc) is 2.35. The van der Waals surface area contributed by atoms with Crippen LogP contribution in [0.5, 0.6) is 11.5 Å². The zero-order chi connectivity index (χ0) is 13.8. The van der Waals surface area contributed by atoms with Gasteiger partial charge < -0.3 is 9.47 Å². The van der Waals surface area contributed by atoms with E-state index in [1.807, 2.05) is 0 Å². The third kappa shape index (κ3) is 3.46. The van der Waals surface area contributed by atoms with E-state index < -0.39 is 9.84 Å². The van der Waals surface area contributed by atoms with Crippen LogP contribution in [0, 0.1) is 0 Å². The van der Waals surface area contributed by atoms with Crippen molar-refractivity contribution in [2.75, 3.05) is 20.0 Å². The Morgan fingerprint density at radius 3 is 2.28 bits per heavy atom. The molecule has 1 rings (SSSR count). The molecule has 0 aliphatic carbocycles. The first-order chi connectivity index (χ1) is 8.40. The first-order valence-electron chi connectivity index (χ1n) is 5.35. The van der Waals surface area contributed by atoms with Gasteiger partial charge in [0.05, 0.1) is 24.9 Å². The average molecular weight is 272 g/mol. The second kappa shape index (κ2) is 5.86. The van der Waals surface area contributed by atoms with Crippen LogP contribution in [0.1, 0.15) is 13.3 Å². The molecule has 18 heavy (non-hydrogen) atoms. The van der Waals surface area contributed by atoms with Gasteiger partial charge in [0.2, 0.25) is 0 Å². The van der Waals surface area contributed by atoms with Crippen molar-refractivity contribution in [3.63, 3.8) is 0 Å². The maximum absolute atomic E-state index is 12.0. The second-order valence-corrected chi connectivity index (χ2v) is 5.90. The lowest BCUT2D eigenvalue weighted by molar-refractivity contribution is -0.116. The number of ketones is 1. The van der Waals surface area contributed by atoms with Crippen LogP contribution in [0.2, 0.25) is 0 Å². The van der Waals surface area contributed by atoms with Gasteiger partial charge in [0, 0.05) is 12.5 Å². The van der Waals surface area contributed by atoms with Gasteiger partial charge in [-0.25, -0.2) is 8.42 Å². The summed E-state index contributed by atoms with van der Waals surface area (Å²) in [6, 6.07) is 4.37. The van der Waals surface area contributed by atoms with Crippen molar-refractivity contribution >= 4 is 15.6 Å². The number of benzene rings is 1. The largest absolute Gasteiger partial charge is 0.493 e. The predicted octanol–water partition coefficient (Wildman–Crippen LogP) is 1.46. The maximum Gasteiger partial charge on any atom is 0.178 e. The number of carbonyl (C=O) groups excluding carboxylic acids is 1. The molecule has 0 bridgehead atoms. The number of methoxy groups -OCH3 is 2. The lowest BCUT2D eigenvalue weighted by atomic mass is 10.3. The van der Waals surface area contributed by atoms with E-state index in [9.17, 15) is 13.2 Å². The highest BCUT2D eigenvalue weighted by molar-refractivity contribution is 7.91. The van der Waals surface area contributed by atoms with Crippen molar-refractivity contribution in [3.8, 4) is 11.5 Å². The molecular weight excluding hydrogens is 256 g/mol. The topological polar surface area (TPSA) is 69.7 Å². The molecule has 0 saturated heterocycles. The zero-order valence-electron chi connectivity index (χ0n) is 10.6. The number of hydrogen-bond acceptors (Lipinski definition) is 5. The SMILES string of the molecule is COc1ccc(S(=O)(=O)CCC(C)=O)cc1OC. The normalized spacial score (nSPS) is 11.1. The van der Waals surface area contributed by atoms with Gasteiger partial charge in [-0.3, -0.25) is 4.79 Å². The van der Waals surface area contributed by atoms with Crippen LogP contribution in [0.15, 0.2) is 23.1 Å². The number of hydrogen-bond donors (Lipinski definition) is 0. The van der Waals surface area contributed by atoms with Crippen LogP contribution in [0.25, 0.3) is 0 Å². The van der Waals surface area contributed by atoms with E-state index in [1.165, 1.54) is 39.3 Å². The molecule has 0 heterocycles. The minimum absolute atomic E-state index is 0.0106. The lowest BCUT2D eigenvalue weighted by Crippen LogP contribution is -2.10. The van der Waals surface area contributed by atoms with Gasteiger partial charge in [0.15, 0.2) is 21.3 Å². The fourth-order valence-electron chi connectivity index (χ4n) is 1.41. The van der Waals surface area contributed by atoms with Crippen molar-refractivity contribution in [2.45, 2.75) is 18.2 Å². The molecule has 0 saturated carbocycles. The summed E-state index contributed by atoms with van der Waals surface area (Å²) in [6.07, 6.45) is 0.0106. The molecule has 0 unspecified atom stereocenters. The van der Waals surface area contributed by atoms with E-state index in [0.29, 0.717) is 11.5 Å². The molecule has 6 heteroatoms. The summed E-state index contributed by atoms with van der Waals surface area (Å²) < 4.78 is 34.0. The zero-order valence-corrected chi connectivity index (χ0v) is 11.4. The minimum Gasteiger partial charge on any atom is -0.493 e. The van der Waals surface area contributed by atoms with E-state index in [1.54, 1.807) is 0 Å². The van der Waals surface area contributed by atoms with E-state index in [0.717, 1.165) is 0 Å². The molecule has 0 amide bonds. The Hall–Kier alpha value is -1.56. The summed E-state index contributed by atoms with van der Waals surface area (Å²) in [7, 11) is -0.561. The molecule has 0 aliphatic heterocycles. The monoisotopic (exact) mass is 272 g/mol. The summed E-state index contributed by atoms with van der Waals surface area (Å²) >= 11 is 0. The van der Waals surface area contributed by atoms with Crippen LogP contribution in [0.4, 0.5) is 0 Å². The number of carbonyl (C=O) groups is 1. The Morgan fingerprint density at radius 1 is 1.17 bits per heavy atom. The Morgan fingerprint density at radius 2 is 1.78 bits per heavy atom. The summed E-state index contributed by atoms with van der Waals surface area (Å²) in [5, 5.41) is 0. The molecule has 0 aliphatic rings. The van der Waals surface area contributed by atoms with E-state index in [2.05, 4.69) is 0 Å². The van der Waals surface area contributed by atoms with Gasteiger partial charge in [0.25, 0.3) is 0 Å². The molecule has 0 aromatic heterocycles. The number of rotatable bonds is 6. The highest BCUT2D eigenvalue weighted by Gasteiger charge is 2.17. The van der Waals surface area contributed by atoms with Crippen molar-refractivity contribution in [1.82, 2.24) is 0 Å². The quantitative estimate of drug-likeness (QED) is 0.784. The molecule has 5 nitrogen and oxygen atoms in total. The molecule has 0 N–H and O–H groups in total. The minimum atomic E-state index is -3.47. The van der Waals surface area contributed by atoms with Gasteiger partial charge in [-0.05, 0) is 19.1 Å². The molecule has 1 aromatic rings. The lowest BCUT2D eigenvalue weighted by Gasteiger charge is -2.09. The van der Waals surface area contributed by atoms with Crippen molar-refractivity contribution in [1.29, 1.82) is 0 Å². The summed E-state index contributed by atoms with van der Waals surface area (Å²) in [4.78, 5) is 11.0. The number of sulfone groups is 1. The van der Waals surface area contributed by atoms with Gasteiger partial charge in [-0.1, -0.05) is 0 Å². The second-order valence-electron chi connectivity index (χ2n) is 3.79. The Kier molecular flexibility index (Phi) is 4.72. The van der Waals surface area contributed by atoms with Crippen molar-refractivity contribution in [3.05, 3.63) is 18.2 Å². The van der Waals surface area contributed by atoms with Crippen LogP contribution in [-0.2, 0) is 14.6 Å². The molecular formula is C12H16O5S. The van der Waals surface area contributed by atoms with Crippen molar-refractivity contribution < 1.29 is 22.7 Å². The maximum atomic E-state index is 12.0. The van der Waals surface area contributed by atoms with Crippen LogP contribution in [-0.4, -0.2) is 34.2 Å². The smallest absolute Gasteiger partial charge is 0.178 e. The van der Waals surface area contributed by atoms with Crippen molar-refractivity contribution in [2.24, 2.45) is 0 Å². The predicted molar refractivity (Wildman–Crippen MR) is 66.9 cm³/mol. The third-order valence-electron chi connectivity index (χ3n) is 2.44. The van der Waals surface area contributed by atoms with Gasteiger partial charge in [-0.15, -0.1) is 0 Å². The number of Topliss-reactive ketones (excluding diaryl/α,β-unsaturated/α-hetero) is 1. The van der Waals surface area contributed by atoms with Crippen LogP contribution >= 0.6 is 0 Å².